The van der Waals surface area contributed by atoms with Gasteiger partial charge in [0.2, 0.25) is 0 Å². The van der Waals surface area contributed by atoms with Gasteiger partial charge in [0, 0.05) is 16.1 Å². The van der Waals surface area contributed by atoms with Gasteiger partial charge in [0.15, 0.2) is 10.6 Å². The van der Waals surface area contributed by atoms with Crippen molar-refractivity contribution in [2.24, 2.45) is 0 Å². The normalized spacial score (nSPS) is 15.2. The number of benzene rings is 1. The van der Waals surface area contributed by atoms with E-state index in [0.717, 1.165) is 28.7 Å². The highest BCUT2D eigenvalue weighted by Gasteiger charge is 2.28. The van der Waals surface area contributed by atoms with Crippen LogP contribution in [0.1, 0.15) is 18.9 Å². The van der Waals surface area contributed by atoms with E-state index in [-0.39, 0.29) is 0 Å². The van der Waals surface area contributed by atoms with Gasteiger partial charge in [-0.25, -0.2) is 0 Å². The molecule has 3 rings (SSSR count). The highest BCUT2D eigenvalue weighted by molar-refractivity contribution is 9.10. The minimum absolute atomic E-state index is 0.478. The average molecular weight is 331 g/mol. The molecular weight excluding hydrogens is 322 g/mol. The van der Waals surface area contributed by atoms with Crippen LogP contribution in [0.3, 0.4) is 0 Å². The van der Waals surface area contributed by atoms with Gasteiger partial charge in [-0.15, -0.1) is 0 Å². The van der Waals surface area contributed by atoms with Crippen molar-refractivity contribution in [2.75, 3.05) is 0 Å². The van der Waals surface area contributed by atoms with E-state index in [1.807, 2.05) is 18.2 Å². The summed E-state index contributed by atoms with van der Waals surface area (Å²) >= 11 is 15.0. The summed E-state index contributed by atoms with van der Waals surface area (Å²) in [6, 6.07) is 6.29. The molecule has 6 heteroatoms. The predicted molar refractivity (Wildman–Crippen MR) is 73.8 cm³/mol. The summed E-state index contributed by atoms with van der Waals surface area (Å²) in [5.74, 6) is 0.823. The summed E-state index contributed by atoms with van der Waals surface area (Å²) < 4.78 is 3.59. The molecule has 17 heavy (non-hydrogen) atoms. The molecule has 0 radical (unpaired) electrons. The van der Waals surface area contributed by atoms with Crippen LogP contribution in [0.4, 0.5) is 0 Å². The summed E-state index contributed by atoms with van der Waals surface area (Å²) in [4.78, 5) is 0. The van der Waals surface area contributed by atoms with Crippen LogP contribution in [0, 0.1) is 4.77 Å². The first-order chi connectivity index (χ1) is 8.18. The van der Waals surface area contributed by atoms with Crippen molar-refractivity contribution in [3.8, 4) is 11.4 Å². The summed E-state index contributed by atoms with van der Waals surface area (Å²) in [5, 5.41) is 7.81. The van der Waals surface area contributed by atoms with Gasteiger partial charge in [0.25, 0.3) is 0 Å². The number of aromatic nitrogens is 3. The summed E-state index contributed by atoms with van der Waals surface area (Å²) in [6.45, 7) is 0. The molecule has 1 aliphatic rings. The maximum atomic E-state index is 6.29. The van der Waals surface area contributed by atoms with E-state index in [9.17, 15) is 0 Å². The first kappa shape index (κ1) is 11.4. The van der Waals surface area contributed by atoms with E-state index in [2.05, 4.69) is 30.7 Å². The van der Waals surface area contributed by atoms with Crippen LogP contribution in [0.15, 0.2) is 22.7 Å². The van der Waals surface area contributed by atoms with Crippen molar-refractivity contribution in [1.82, 2.24) is 14.8 Å². The lowest BCUT2D eigenvalue weighted by Gasteiger charge is -2.07. The molecule has 2 aromatic rings. The highest BCUT2D eigenvalue weighted by atomic mass is 79.9. The second kappa shape index (κ2) is 4.23. The van der Waals surface area contributed by atoms with Gasteiger partial charge < -0.3 is 0 Å². The van der Waals surface area contributed by atoms with Gasteiger partial charge in [-0.3, -0.25) is 9.67 Å². The monoisotopic (exact) mass is 329 g/mol. The lowest BCUT2D eigenvalue weighted by atomic mass is 10.2. The second-order valence-electron chi connectivity index (χ2n) is 4.05. The Bertz CT molecular complexity index is 630. The van der Waals surface area contributed by atoms with Crippen molar-refractivity contribution in [1.29, 1.82) is 0 Å². The Morgan fingerprint density at radius 2 is 2.24 bits per heavy atom. The van der Waals surface area contributed by atoms with E-state index in [1.165, 1.54) is 0 Å². The third-order valence-electron chi connectivity index (χ3n) is 2.81. The van der Waals surface area contributed by atoms with Gasteiger partial charge in [0.1, 0.15) is 0 Å². The molecule has 1 fully saturated rings. The minimum atomic E-state index is 0.478. The molecule has 0 bridgehead atoms. The molecule has 88 valence electrons. The zero-order valence-electron chi connectivity index (χ0n) is 8.78. The van der Waals surface area contributed by atoms with Gasteiger partial charge in [-0.1, -0.05) is 17.7 Å². The fraction of sp³-hybridized carbons (Fsp3) is 0.273. The number of nitrogens with one attached hydrogen (secondary N) is 1. The fourth-order valence-electron chi connectivity index (χ4n) is 1.84. The molecule has 0 spiro atoms. The van der Waals surface area contributed by atoms with E-state index in [4.69, 9.17) is 23.8 Å². The predicted octanol–water partition coefficient (Wildman–Crippen LogP) is 4.36. The molecule has 1 N–H and O–H groups in total. The molecule has 3 nitrogen and oxygen atoms in total. The Hall–Kier alpha value is -0.650. The Labute approximate surface area is 117 Å². The van der Waals surface area contributed by atoms with Gasteiger partial charge in [0.05, 0.1) is 5.02 Å². The third-order valence-corrected chi connectivity index (χ3v) is 4.39. The molecular formula is C11H9BrClN3S. The number of halogens is 2. The topological polar surface area (TPSA) is 33.6 Å². The summed E-state index contributed by atoms with van der Waals surface area (Å²) in [5.41, 5.74) is 0.903. The van der Waals surface area contributed by atoms with E-state index >= 15 is 0 Å². The first-order valence-corrected chi connectivity index (χ1v) is 6.87. The zero-order chi connectivity index (χ0) is 12.0. The highest BCUT2D eigenvalue weighted by Crippen LogP contribution is 2.40. The lowest BCUT2D eigenvalue weighted by molar-refractivity contribution is 0.735. The number of hydrogen-bond donors (Lipinski definition) is 1. The van der Waals surface area contributed by atoms with E-state index in [0.29, 0.717) is 15.8 Å². The van der Waals surface area contributed by atoms with Crippen LogP contribution >= 0.6 is 39.7 Å². The molecule has 0 amide bonds. The molecule has 1 heterocycles. The van der Waals surface area contributed by atoms with Crippen molar-refractivity contribution in [2.45, 2.75) is 18.9 Å². The quantitative estimate of drug-likeness (QED) is 0.830. The van der Waals surface area contributed by atoms with Crippen molar-refractivity contribution < 1.29 is 0 Å². The van der Waals surface area contributed by atoms with Crippen LogP contribution < -0.4 is 0 Å². The zero-order valence-corrected chi connectivity index (χ0v) is 11.9. The van der Waals surface area contributed by atoms with Crippen LogP contribution in [0.2, 0.25) is 5.02 Å². The first-order valence-electron chi connectivity index (χ1n) is 5.30. The SMILES string of the molecule is S=c1[nH]nc(-c2cccc(Br)c2Cl)n1C1CC1. The Kier molecular flexibility index (Phi) is 2.84. The van der Waals surface area contributed by atoms with Crippen LogP contribution in [-0.4, -0.2) is 14.8 Å². The smallest absolute Gasteiger partial charge is 0.195 e. The minimum Gasteiger partial charge on any atom is -0.297 e. The average Bonchev–Trinajstić information content (AvgIpc) is 3.07. The van der Waals surface area contributed by atoms with Crippen LogP contribution in [-0.2, 0) is 0 Å². The fourth-order valence-corrected chi connectivity index (χ4v) is 2.70. The van der Waals surface area contributed by atoms with Crippen molar-refractivity contribution >= 4 is 39.7 Å². The second-order valence-corrected chi connectivity index (χ2v) is 5.67. The Morgan fingerprint density at radius 1 is 1.47 bits per heavy atom. The third kappa shape index (κ3) is 1.96. The van der Waals surface area contributed by atoms with Crippen molar-refractivity contribution in [3.63, 3.8) is 0 Å². The Balaban J connectivity index is 2.21. The number of aromatic amines is 1. The van der Waals surface area contributed by atoms with Gasteiger partial charge in [-0.2, -0.15) is 5.10 Å². The molecule has 0 atom stereocenters. The molecule has 1 saturated carbocycles. The molecule has 1 aliphatic carbocycles. The standard InChI is InChI=1S/C11H9BrClN3S/c12-8-3-1-2-7(9(8)13)10-14-15-11(17)16(10)6-4-5-6/h1-3,6H,4-5H2,(H,15,17). The lowest BCUT2D eigenvalue weighted by Crippen LogP contribution is -1.98. The molecule has 1 aromatic carbocycles. The molecule has 0 aliphatic heterocycles. The van der Waals surface area contributed by atoms with E-state index < -0.39 is 0 Å². The van der Waals surface area contributed by atoms with E-state index in [1.54, 1.807) is 0 Å². The number of hydrogen-bond acceptors (Lipinski definition) is 2. The van der Waals surface area contributed by atoms with Crippen LogP contribution in [0.5, 0.6) is 0 Å². The summed E-state index contributed by atoms with van der Waals surface area (Å²) in [7, 11) is 0. The number of nitrogens with zero attached hydrogens (tertiary/aromatic N) is 2. The molecule has 0 saturated heterocycles. The molecule has 1 aromatic heterocycles. The van der Waals surface area contributed by atoms with Crippen molar-refractivity contribution in [3.05, 3.63) is 32.5 Å². The molecule has 0 unspecified atom stereocenters. The van der Waals surface area contributed by atoms with Crippen LogP contribution in [0.25, 0.3) is 11.4 Å². The maximum absolute atomic E-state index is 6.29. The largest absolute Gasteiger partial charge is 0.297 e. The maximum Gasteiger partial charge on any atom is 0.195 e. The number of H-pyrrole nitrogens is 1. The summed E-state index contributed by atoms with van der Waals surface area (Å²) in [6.07, 6.45) is 2.32. The van der Waals surface area contributed by atoms with Gasteiger partial charge >= 0.3 is 0 Å². The Morgan fingerprint density at radius 3 is 2.94 bits per heavy atom. The number of rotatable bonds is 2. The van der Waals surface area contributed by atoms with Gasteiger partial charge in [-0.05, 0) is 53.1 Å².